The molecule has 0 aliphatic carbocycles. The number of alkyl carbamates (subject to hydrolysis) is 1. The first-order valence-electron chi connectivity index (χ1n) is 7.19. The van der Waals surface area contributed by atoms with Gasteiger partial charge in [-0.15, -0.1) is 0 Å². The van der Waals surface area contributed by atoms with Crippen LogP contribution in [0.4, 0.5) is 4.79 Å². The van der Waals surface area contributed by atoms with E-state index in [1.54, 1.807) is 6.92 Å². The number of aliphatic hydroxyl groups is 1. The first-order chi connectivity index (χ1) is 10.3. The largest absolute Gasteiger partial charge is 0.459 e. The van der Waals surface area contributed by atoms with E-state index in [0.29, 0.717) is 6.42 Å². The van der Waals surface area contributed by atoms with Gasteiger partial charge in [0.25, 0.3) is 0 Å². The Kier molecular flexibility index (Phi) is 6.85. The number of carbonyl (C=O) groups is 2. The van der Waals surface area contributed by atoms with E-state index >= 15 is 0 Å². The first kappa shape index (κ1) is 18.0. The first-order valence-corrected chi connectivity index (χ1v) is 7.19. The summed E-state index contributed by atoms with van der Waals surface area (Å²) in [7, 11) is 0. The van der Waals surface area contributed by atoms with Gasteiger partial charge in [-0.25, -0.2) is 4.79 Å². The number of carbonyl (C=O) groups excluding carboxylic acids is 2. The second kappa shape index (κ2) is 8.38. The molecule has 0 unspecified atom stereocenters. The molecule has 0 spiro atoms. The summed E-state index contributed by atoms with van der Waals surface area (Å²) in [5, 5.41) is 12.8. The second-order valence-electron chi connectivity index (χ2n) is 5.28. The summed E-state index contributed by atoms with van der Waals surface area (Å²) in [4.78, 5) is 22.7. The average Bonchev–Trinajstić information content (AvgIpc) is 2.49. The summed E-state index contributed by atoms with van der Waals surface area (Å²) in [6.07, 6.45) is -0.894. The highest BCUT2D eigenvalue weighted by Gasteiger charge is 2.33. The lowest BCUT2D eigenvalue weighted by molar-refractivity contribution is -0.160. The number of rotatable bonds is 7. The summed E-state index contributed by atoms with van der Waals surface area (Å²) < 4.78 is 10.1. The van der Waals surface area contributed by atoms with Gasteiger partial charge >= 0.3 is 12.1 Å². The van der Waals surface area contributed by atoms with Crippen molar-refractivity contribution in [1.29, 1.82) is 0 Å². The molecule has 0 aliphatic rings. The van der Waals surface area contributed by atoms with Gasteiger partial charge in [0, 0.05) is 6.92 Å². The fraction of sp³-hybridized carbons (Fsp3) is 0.500. The van der Waals surface area contributed by atoms with E-state index < -0.39 is 23.8 Å². The Morgan fingerprint density at radius 1 is 1.32 bits per heavy atom. The minimum absolute atomic E-state index is 0.0770. The molecule has 0 radical (unpaired) electrons. The van der Waals surface area contributed by atoms with E-state index in [9.17, 15) is 14.7 Å². The van der Waals surface area contributed by atoms with Crippen LogP contribution in [0.3, 0.4) is 0 Å². The van der Waals surface area contributed by atoms with Gasteiger partial charge in [-0.3, -0.25) is 4.79 Å². The molecule has 0 fully saturated rings. The van der Waals surface area contributed by atoms with Crippen molar-refractivity contribution in [2.75, 3.05) is 6.54 Å². The molecule has 0 aromatic heterocycles. The Bertz CT molecular complexity index is 487. The SMILES string of the molecule is CC[C@@H](OC(C)=O)[C@@](C)(O)CNC(=O)OCc1ccccc1. The zero-order chi connectivity index (χ0) is 16.6. The number of amides is 1. The van der Waals surface area contributed by atoms with Crippen LogP contribution in [0.2, 0.25) is 0 Å². The van der Waals surface area contributed by atoms with Gasteiger partial charge in [-0.1, -0.05) is 37.3 Å². The van der Waals surface area contributed by atoms with Crippen molar-refractivity contribution in [2.45, 2.75) is 45.5 Å². The molecule has 0 saturated heterocycles. The second-order valence-corrected chi connectivity index (χ2v) is 5.28. The third-order valence-electron chi connectivity index (χ3n) is 3.18. The summed E-state index contributed by atoms with van der Waals surface area (Å²) in [6, 6.07) is 9.27. The molecular formula is C16H23NO5. The molecule has 0 heterocycles. The summed E-state index contributed by atoms with van der Waals surface area (Å²) >= 11 is 0. The lowest BCUT2D eigenvalue weighted by Gasteiger charge is -2.31. The summed E-state index contributed by atoms with van der Waals surface area (Å²) in [6.45, 7) is 4.64. The fourth-order valence-corrected chi connectivity index (χ4v) is 1.99. The Morgan fingerprint density at radius 2 is 1.95 bits per heavy atom. The van der Waals surface area contributed by atoms with E-state index in [1.165, 1.54) is 13.8 Å². The van der Waals surface area contributed by atoms with Crippen LogP contribution in [-0.2, 0) is 20.9 Å². The highest BCUT2D eigenvalue weighted by Crippen LogP contribution is 2.16. The van der Waals surface area contributed by atoms with Crippen LogP contribution in [0.15, 0.2) is 30.3 Å². The topological polar surface area (TPSA) is 84.9 Å². The fourth-order valence-electron chi connectivity index (χ4n) is 1.99. The van der Waals surface area contributed by atoms with Crippen molar-refractivity contribution < 1.29 is 24.2 Å². The Hall–Kier alpha value is -2.08. The number of hydrogen-bond donors (Lipinski definition) is 2. The van der Waals surface area contributed by atoms with Crippen molar-refractivity contribution in [2.24, 2.45) is 0 Å². The third-order valence-corrected chi connectivity index (χ3v) is 3.18. The molecule has 2 N–H and O–H groups in total. The highest BCUT2D eigenvalue weighted by molar-refractivity contribution is 5.67. The predicted molar refractivity (Wildman–Crippen MR) is 81.1 cm³/mol. The molecule has 0 saturated carbocycles. The van der Waals surface area contributed by atoms with Crippen molar-refractivity contribution in [3.8, 4) is 0 Å². The molecule has 22 heavy (non-hydrogen) atoms. The molecular weight excluding hydrogens is 286 g/mol. The van der Waals surface area contributed by atoms with Gasteiger partial charge < -0.3 is 19.9 Å². The summed E-state index contributed by atoms with van der Waals surface area (Å²) in [5.41, 5.74) is -0.498. The van der Waals surface area contributed by atoms with Crippen LogP contribution in [-0.4, -0.2) is 35.4 Å². The lowest BCUT2D eigenvalue weighted by atomic mass is 9.97. The van der Waals surface area contributed by atoms with Crippen LogP contribution in [0, 0.1) is 0 Å². The molecule has 6 heteroatoms. The zero-order valence-electron chi connectivity index (χ0n) is 13.2. The Morgan fingerprint density at radius 3 is 2.50 bits per heavy atom. The molecule has 1 aromatic carbocycles. The van der Waals surface area contributed by atoms with Crippen LogP contribution in [0.1, 0.15) is 32.8 Å². The van der Waals surface area contributed by atoms with Crippen molar-refractivity contribution in [1.82, 2.24) is 5.32 Å². The Labute approximate surface area is 130 Å². The van der Waals surface area contributed by atoms with Crippen LogP contribution in [0.5, 0.6) is 0 Å². The molecule has 1 aromatic rings. The zero-order valence-corrected chi connectivity index (χ0v) is 13.2. The van der Waals surface area contributed by atoms with Crippen LogP contribution in [0.25, 0.3) is 0 Å². The monoisotopic (exact) mass is 309 g/mol. The standard InChI is InChI=1S/C16H23NO5/c1-4-14(22-12(2)18)16(3,20)11-17-15(19)21-10-13-8-6-5-7-9-13/h5-9,14,20H,4,10-11H2,1-3H3,(H,17,19)/t14-,16+/m1/s1. The normalized spacial score (nSPS) is 14.5. The van der Waals surface area contributed by atoms with Crippen molar-refractivity contribution >= 4 is 12.1 Å². The quantitative estimate of drug-likeness (QED) is 0.753. The van der Waals surface area contributed by atoms with E-state index in [0.717, 1.165) is 5.56 Å². The molecule has 1 rings (SSSR count). The number of ether oxygens (including phenoxy) is 2. The molecule has 2 atom stereocenters. The molecule has 0 aliphatic heterocycles. The van der Waals surface area contributed by atoms with Gasteiger partial charge in [0.05, 0.1) is 6.54 Å². The minimum atomic E-state index is -1.37. The molecule has 6 nitrogen and oxygen atoms in total. The maximum atomic E-state index is 11.6. The molecule has 0 bridgehead atoms. The lowest BCUT2D eigenvalue weighted by Crippen LogP contribution is -2.50. The van der Waals surface area contributed by atoms with Gasteiger partial charge in [0.1, 0.15) is 18.3 Å². The number of nitrogens with one attached hydrogen (secondary N) is 1. The van der Waals surface area contributed by atoms with Gasteiger partial charge in [-0.05, 0) is 18.9 Å². The predicted octanol–water partition coefficient (Wildman–Crippen LogP) is 2.01. The van der Waals surface area contributed by atoms with E-state index in [1.807, 2.05) is 30.3 Å². The maximum Gasteiger partial charge on any atom is 0.407 e. The van der Waals surface area contributed by atoms with E-state index in [4.69, 9.17) is 9.47 Å². The maximum absolute atomic E-state index is 11.6. The van der Waals surface area contributed by atoms with Crippen molar-refractivity contribution in [3.63, 3.8) is 0 Å². The third kappa shape index (κ3) is 6.13. The minimum Gasteiger partial charge on any atom is -0.459 e. The van der Waals surface area contributed by atoms with Crippen LogP contribution < -0.4 is 5.32 Å². The van der Waals surface area contributed by atoms with Gasteiger partial charge in [0.2, 0.25) is 0 Å². The number of esters is 1. The molecule has 1 amide bonds. The smallest absolute Gasteiger partial charge is 0.407 e. The van der Waals surface area contributed by atoms with Gasteiger partial charge in [0.15, 0.2) is 0 Å². The van der Waals surface area contributed by atoms with Crippen molar-refractivity contribution in [3.05, 3.63) is 35.9 Å². The summed E-state index contributed by atoms with van der Waals surface area (Å²) in [5.74, 6) is -0.473. The Balaban J connectivity index is 2.42. The van der Waals surface area contributed by atoms with Crippen LogP contribution >= 0.6 is 0 Å². The average molecular weight is 309 g/mol. The number of hydrogen-bond acceptors (Lipinski definition) is 5. The van der Waals surface area contributed by atoms with Gasteiger partial charge in [-0.2, -0.15) is 0 Å². The highest BCUT2D eigenvalue weighted by atomic mass is 16.6. The molecule has 122 valence electrons. The number of benzene rings is 1. The van der Waals surface area contributed by atoms with E-state index in [-0.39, 0.29) is 13.2 Å². The van der Waals surface area contributed by atoms with E-state index in [2.05, 4.69) is 5.32 Å².